The Morgan fingerprint density at radius 2 is 1.92 bits per heavy atom. The van der Waals surface area contributed by atoms with Crippen LogP contribution >= 0.6 is 0 Å². The summed E-state index contributed by atoms with van der Waals surface area (Å²) in [7, 11) is 0. The minimum atomic E-state index is -0.735. The molecule has 0 bridgehead atoms. The van der Waals surface area contributed by atoms with Crippen LogP contribution in [-0.4, -0.2) is 39.0 Å². The summed E-state index contributed by atoms with van der Waals surface area (Å²) < 4.78 is 27.4. The molecule has 138 valence electrons. The fourth-order valence-corrected chi connectivity index (χ4v) is 3.25. The topological polar surface area (TPSA) is 86.3 Å². The third-order valence-corrected chi connectivity index (χ3v) is 4.66. The number of hydrogen-bond donors (Lipinski definition) is 2. The number of aromatic hydroxyl groups is 1. The van der Waals surface area contributed by atoms with Gasteiger partial charge in [-0.2, -0.15) is 0 Å². The van der Waals surface area contributed by atoms with E-state index in [4.69, 9.17) is 0 Å². The number of hydrogen-bond acceptors (Lipinski definition) is 4. The lowest BCUT2D eigenvalue weighted by atomic mass is 9.92. The molecule has 1 saturated heterocycles. The molecular weight excluding hydrogens is 344 g/mol. The SMILES string of the molecule is Cc1nc(C2CCN(C(=O)Cc3c(F)cccc3F)CC2)c(O)c(=O)[nH]1. The number of carbonyl (C=O) groups excluding carboxylic acids is 1. The van der Waals surface area contributed by atoms with Gasteiger partial charge in [-0.3, -0.25) is 9.59 Å². The molecule has 3 rings (SSSR count). The monoisotopic (exact) mass is 363 g/mol. The van der Waals surface area contributed by atoms with Crippen molar-refractivity contribution in [3.63, 3.8) is 0 Å². The Morgan fingerprint density at radius 1 is 1.31 bits per heavy atom. The molecule has 0 saturated carbocycles. The summed E-state index contributed by atoms with van der Waals surface area (Å²) in [5.41, 5.74) is -0.483. The number of carbonyl (C=O) groups is 1. The van der Waals surface area contributed by atoms with E-state index in [0.717, 1.165) is 12.1 Å². The standard InChI is InChI=1S/C18H19F2N3O3/c1-10-21-16(17(25)18(26)22-10)11-5-7-23(8-6-11)15(24)9-12-13(19)3-2-4-14(12)20/h2-4,11,25H,5-9H2,1H3,(H,21,22,26). The number of H-pyrrole nitrogens is 1. The third-order valence-electron chi connectivity index (χ3n) is 4.66. The average molecular weight is 363 g/mol. The van der Waals surface area contributed by atoms with Crippen molar-refractivity contribution >= 4 is 5.91 Å². The lowest BCUT2D eigenvalue weighted by molar-refractivity contribution is -0.131. The summed E-state index contributed by atoms with van der Waals surface area (Å²) in [4.78, 5) is 32.2. The Hall–Kier alpha value is -2.77. The Morgan fingerprint density at radius 3 is 2.54 bits per heavy atom. The minimum absolute atomic E-state index is 0.148. The second-order valence-corrected chi connectivity index (χ2v) is 6.42. The maximum absolute atomic E-state index is 13.7. The Labute approximate surface area is 148 Å². The van der Waals surface area contributed by atoms with Crippen molar-refractivity contribution < 1.29 is 18.7 Å². The highest BCUT2D eigenvalue weighted by Crippen LogP contribution is 2.30. The fourth-order valence-electron chi connectivity index (χ4n) is 3.25. The van der Waals surface area contributed by atoms with Crippen molar-refractivity contribution in [3.8, 4) is 5.75 Å². The van der Waals surface area contributed by atoms with Gasteiger partial charge in [-0.25, -0.2) is 13.8 Å². The smallest absolute Gasteiger partial charge is 0.293 e. The van der Waals surface area contributed by atoms with E-state index in [1.807, 2.05) is 0 Å². The van der Waals surface area contributed by atoms with Crippen LogP contribution in [0.2, 0.25) is 0 Å². The zero-order valence-corrected chi connectivity index (χ0v) is 14.3. The molecule has 0 spiro atoms. The number of aromatic amines is 1. The molecule has 1 amide bonds. The van der Waals surface area contributed by atoms with Crippen molar-refractivity contribution in [2.75, 3.05) is 13.1 Å². The molecule has 8 heteroatoms. The zero-order valence-electron chi connectivity index (χ0n) is 14.3. The van der Waals surface area contributed by atoms with E-state index in [2.05, 4.69) is 9.97 Å². The van der Waals surface area contributed by atoms with Gasteiger partial charge >= 0.3 is 0 Å². The van der Waals surface area contributed by atoms with E-state index in [-0.39, 0.29) is 23.8 Å². The Bertz CT molecular complexity index is 869. The summed E-state index contributed by atoms with van der Waals surface area (Å²) in [5, 5.41) is 9.94. The van der Waals surface area contributed by atoms with Crippen LogP contribution in [0.25, 0.3) is 0 Å². The summed E-state index contributed by atoms with van der Waals surface area (Å²) in [6.07, 6.45) is 0.681. The number of aromatic nitrogens is 2. The third kappa shape index (κ3) is 3.58. The summed E-state index contributed by atoms with van der Waals surface area (Å²) in [5.74, 6) is -1.95. The average Bonchev–Trinajstić information content (AvgIpc) is 2.61. The number of piperidine rings is 1. The van der Waals surface area contributed by atoms with E-state index < -0.39 is 22.9 Å². The van der Waals surface area contributed by atoms with Gasteiger partial charge in [0.2, 0.25) is 11.7 Å². The molecule has 1 aromatic carbocycles. The number of benzene rings is 1. The molecule has 0 radical (unpaired) electrons. The van der Waals surface area contributed by atoms with Crippen LogP contribution in [0.3, 0.4) is 0 Å². The maximum atomic E-state index is 13.7. The van der Waals surface area contributed by atoms with E-state index in [1.165, 1.54) is 6.07 Å². The van der Waals surface area contributed by atoms with Gasteiger partial charge in [0.05, 0.1) is 12.1 Å². The molecule has 2 aromatic rings. The number of rotatable bonds is 3. The molecule has 0 atom stereocenters. The van der Waals surface area contributed by atoms with Gasteiger partial charge in [-0.1, -0.05) is 6.07 Å². The van der Waals surface area contributed by atoms with Crippen molar-refractivity contribution in [1.29, 1.82) is 0 Å². The van der Waals surface area contributed by atoms with Crippen LogP contribution in [0, 0.1) is 18.6 Å². The van der Waals surface area contributed by atoms with Gasteiger partial charge in [0.25, 0.3) is 5.56 Å². The van der Waals surface area contributed by atoms with Crippen molar-refractivity contribution in [2.45, 2.75) is 32.1 Å². The van der Waals surface area contributed by atoms with Crippen LogP contribution in [-0.2, 0) is 11.2 Å². The van der Waals surface area contributed by atoms with Gasteiger partial charge in [0.1, 0.15) is 17.5 Å². The first-order chi connectivity index (χ1) is 12.4. The normalized spacial score (nSPS) is 15.3. The molecule has 1 aliphatic rings. The number of aryl methyl sites for hydroxylation is 1. The van der Waals surface area contributed by atoms with Crippen LogP contribution < -0.4 is 5.56 Å². The molecule has 2 heterocycles. The quantitative estimate of drug-likeness (QED) is 0.873. The maximum Gasteiger partial charge on any atom is 0.293 e. The first kappa shape index (κ1) is 18.0. The highest BCUT2D eigenvalue weighted by molar-refractivity contribution is 5.79. The van der Waals surface area contributed by atoms with Gasteiger partial charge in [0.15, 0.2) is 0 Å². The van der Waals surface area contributed by atoms with Crippen LogP contribution in [0.15, 0.2) is 23.0 Å². The molecule has 1 aromatic heterocycles. The predicted octanol–water partition coefficient (Wildman–Crippen LogP) is 2.01. The van der Waals surface area contributed by atoms with Crippen LogP contribution in [0.5, 0.6) is 5.75 Å². The predicted molar refractivity (Wildman–Crippen MR) is 89.9 cm³/mol. The fraction of sp³-hybridized carbons (Fsp3) is 0.389. The molecule has 0 unspecified atom stereocenters. The van der Waals surface area contributed by atoms with Crippen LogP contribution in [0.1, 0.15) is 35.8 Å². The largest absolute Gasteiger partial charge is 0.502 e. The molecular formula is C18H19F2N3O3. The van der Waals surface area contributed by atoms with E-state index in [1.54, 1.807) is 11.8 Å². The lowest BCUT2D eigenvalue weighted by Gasteiger charge is -2.32. The van der Waals surface area contributed by atoms with Crippen LogP contribution in [0.4, 0.5) is 8.78 Å². The van der Waals surface area contributed by atoms with E-state index in [9.17, 15) is 23.5 Å². The molecule has 1 aliphatic heterocycles. The van der Waals surface area contributed by atoms with Crippen molar-refractivity contribution in [1.82, 2.24) is 14.9 Å². The highest BCUT2D eigenvalue weighted by Gasteiger charge is 2.28. The number of halogens is 2. The molecule has 1 fully saturated rings. The van der Waals surface area contributed by atoms with Crippen molar-refractivity contribution in [2.24, 2.45) is 0 Å². The number of likely N-dealkylation sites (tertiary alicyclic amines) is 1. The number of nitrogens with zero attached hydrogens (tertiary/aromatic N) is 2. The summed E-state index contributed by atoms with van der Waals surface area (Å²) in [6, 6.07) is 3.51. The second-order valence-electron chi connectivity index (χ2n) is 6.42. The van der Waals surface area contributed by atoms with Gasteiger partial charge in [0, 0.05) is 24.6 Å². The second kappa shape index (κ2) is 7.23. The van der Waals surface area contributed by atoms with Crippen molar-refractivity contribution in [3.05, 3.63) is 57.3 Å². The number of nitrogens with one attached hydrogen (secondary N) is 1. The Kier molecular flexibility index (Phi) is 5.01. The van der Waals surface area contributed by atoms with Gasteiger partial charge in [-0.05, 0) is 31.9 Å². The highest BCUT2D eigenvalue weighted by atomic mass is 19.1. The summed E-state index contributed by atoms with van der Waals surface area (Å²) >= 11 is 0. The van der Waals surface area contributed by atoms with E-state index >= 15 is 0 Å². The van der Waals surface area contributed by atoms with E-state index in [0.29, 0.717) is 37.4 Å². The van der Waals surface area contributed by atoms with Gasteiger partial charge < -0.3 is 15.0 Å². The zero-order chi connectivity index (χ0) is 18.8. The molecule has 2 N–H and O–H groups in total. The molecule has 6 nitrogen and oxygen atoms in total. The Balaban J connectivity index is 1.67. The molecule has 0 aliphatic carbocycles. The summed E-state index contributed by atoms with van der Waals surface area (Å²) in [6.45, 7) is 2.37. The number of amides is 1. The lowest BCUT2D eigenvalue weighted by Crippen LogP contribution is -2.39. The minimum Gasteiger partial charge on any atom is -0.502 e. The first-order valence-corrected chi connectivity index (χ1v) is 8.37. The molecule has 26 heavy (non-hydrogen) atoms. The van der Waals surface area contributed by atoms with Gasteiger partial charge in [-0.15, -0.1) is 0 Å². The first-order valence-electron chi connectivity index (χ1n) is 8.37.